The highest BCUT2D eigenvalue weighted by molar-refractivity contribution is 5.89. The van der Waals surface area contributed by atoms with Gasteiger partial charge in [-0.3, -0.25) is 0 Å². The van der Waals surface area contributed by atoms with Crippen LogP contribution >= 0.6 is 0 Å². The van der Waals surface area contributed by atoms with Crippen LogP contribution in [0.1, 0.15) is 31.1 Å². The molecule has 2 aliphatic heterocycles. The molecular weight excluding hydrogens is 433 g/mol. The third kappa shape index (κ3) is 5.16. The summed E-state index contributed by atoms with van der Waals surface area (Å²) >= 11 is 0. The van der Waals surface area contributed by atoms with Crippen molar-refractivity contribution >= 4 is 17.6 Å². The van der Waals surface area contributed by atoms with E-state index in [2.05, 4.69) is 5.32 Å². The topological polar surface area (TPSA) is 92.3 Å². The molecule has 1 unspecified atom stereocenters. The van der Waals surface area contributed by atoms with Gasteiger partial charge in [-0.2, -0.15) is 0 Å². The molecule has 0 aromatic heterocycles. The first-order valence-electron chi connectivity index (χ1n) is 10.7. The van der Waals surface area contributed by atoms with Crippen LogP contribution in [-0.4, -0.2) is 55.0 Å². The molecule has 2 saturated heterocycles. The smallest absolute Gasteiger partial charge is 0.338 e. The molecule has 2 aromatic rings. The molecule has 0 aliphatic carbocycles. The summed E-state index contributed by atoms with van der Waals surface area (Å²) in [6, 6.07) is 12.9. The largest absolute Gasteiger partial charge is 0.464 e. The Hall–Kier alpha value is -3.01. The van der Waals surface area contributed by atoms with E-state index in [-0.39, 0.29) is 6.61 Å². The number of rotatable bonds is 7. The Labute approximate surface area is 190 Å². The monoisotopic (exact) mass is 459 g/mol. The van der Waals surface area contributed by atoms with Gasteiger partial charge >= 0.3 is 11.9 Å². The first-order valence-corrected chi connectivity index (χ1v) is 10.7. The third-order valence-electron chi connectivity index (χ3n) is 5.32. The Morgan fingerprint density at radius 3 is 2.45 bits per heavy atom. The molecule has 176 valence electrons. The second-order valence-electron chi connectivity index (χ2n) is 8.19. The molecule has 2 heterocycles. The molecule has 5 atom stereocenters. The van der Waals surface area contributed by atoms with E-state index in [0.717, 1.165) is 0 Å². The van der Waals surface area contributed by atoms with E-state index >= 15 is 0 Å². The fourth-order valence-corrected chi connectivity index (χ4v) is 3.91. The highest BCUT2D eigenvalue weighted by atomic mass is 19.1. The van der Waals surface area contributed by atoms with Crippen molar-refractivity contribution in [3.05, 3.63) is 66.0 Å². The molecule has 2 fully saturated rings. The van der Waals surface area contributed by atoms with Gasteiger partial charge in [0.05, 0.1) is 12.2 Å². The van der Waals surface area contributed by atoms with Gasteiger partial charge in [-0.25, -0.2) is 14.0 Å². The SMILES string of the molecule is CCOC(=O)C(Nc1ccc(F)cc1)[C@@H]1O[C@@H]2OC(C)(C)O[C@@H]2[C@H]1OC(=O)c1ccccc1. The Kier molecular flexibility index (Phi) is 6.64. The van der Waals surface area contributed by atoms with Gasteiger partial charge in [0.15, 0.2) is 30.3 Å². The third-order valence-corrected chi connectivity index (χ3v) is 5.32. The fourth-order valence-electron chi connectivity index (χ4n) is 3.91. The van der Waals surface area contributed by atoms with Crippen LogP contribution in [0.4, 0.5) is 10.1 Å². The van der Waals surface area contributed by atoms with Crippen molar-refractivity contribution in [1.29, 1.82) is 0 Å². The molecule has 8 nitrogen and oxygen atoms in total. The summed E-state index contributed by atoms with van der Waals surface area (Å²) in [6.45, 7) is 5.26. The molecule has 4 rings (SSSR count). The number of hydrogen-bond donors (Lipinski definition) is 1. The lowest BCUT2D eigenvalue weighted by Crippen LogP contribution is -2.50. The number of esters is 2. The summed E-state index contributed by atoms with van der Waals surface area (Å²) in [5.74, 6) is -2.58. The summed E-state index contributed by atoms with van der Waals surface area (Å²) < 4.78 is 42.2. The quantitative estimate of drug-likeness (QED) is 0.631. The normalized spacial score (nSPS) is 26.3. The zero-order valence-corrected chi connectivity index (χ0v) is 18.5. The van der Waals surface area contributed by atoms with Crippen LogP contribution in [0.5, 0.6) is 0 Å². The molecule has 0 amide bonds. The van der Waals surface area contributed by atoms with E-state index in [9.17, 15) is 14.0 Å². The Balaban J connectivity index is 1.63. The van der Waals surface area contributed by atoms with E-state index in [4.69, 9.17) is 23.7 Å². The predicted molar refractivity (Wildman–Crippen MR) is 115 cm³/mol. The van der Waals surface area contributed by atoms with Gasteiger partial charge in [0.2, 0.25) is 0 Å². The Morgan fingerprint density at radius 1 is 1.09 bits per heavy atom. The molecule has 0 spiro atoms. The molecule has 1 N–H and O–H groups in total. The average Bonchev–Trinajstić information content (AvgIpc) is 3.26. The van der Waals surface area contributed by atoms with Crippen molar-refractivity contribution in [3.63, 3.8) is 0 Å². The lowest BCUT2D eigenvalue weighted by Gasteiger charge is -2.30. The molecule has 2 aromatic carbocycles. The van der Waals surface area contributed by atoms with Crippen LogP contribution in [0, 0.1) is 5.82 Å². The number of fused-ring (bicyclic) bond motifs is 1. The number of carbonyl (C=O) groups excluding carboxylic acids is 2. The molecule has 0 bridgehead atoms. The lowest BCUT2D eigenvalue weighted by atomic mass is 10.0. The van der Waals surface area contributed by atoms with Gasteiger partial charge in [0.1, 0.15) is 11.9 Å². The average molecular weight is 459 g/mol. The molecule has 2 aliphatic rings. The number of nitrogens with one attached hydrogen (secondary N) is 1. The summed E-state index contributed by atoms with van der Waals surface area (Å²) in [7, 11) is 0. The van der Waals surface area contributed by atoms with E-state index in [1.165, 1.54) is 24.3 Å². The predicted octanol–water partition coefficient (Wildman–Crippen LogP) is 3.27. The molecular formula is C24H26FNO7. The van der Waals surface area contributed by atoms with Crippen LogP contribution < -0.4 is 5.32 Å². The number of anilines is 1. The van der Waals surface area contributed by atoms with E-state index in [0.29, 0.717) is 11.3 Å². The van der Waals surface area contributed by atoms with Gasteiger partial charge in [0, 0.05) is 5.69 Å². The van der Waals surface area contributed by atoms with Crippen molar-refractivity contribution < 1.29 is 37.7 Å². The molecule has 0 radical (unpaired) electrons. The number of carbonyl (C=O) groups is 2. The van der Waals surface area contributed by atoms with Gasteiger partial charge in [-0.1, -0.05) is 18.2 Å². The zero-order valence-electron chi connectivity index (χ0n) is 18.5. The van der Waals surface area contributed by atoms with E-state index < -0.39 is 54.2 Å². The second-order valence-corrected chi connectivity index (χ2v) is 8.19. The number of ether oxygens (including phenoxy) is 5. The Bertz CT molecular complexity index is 982. The highest BCUT2D eigenvalue weighted by Gasteiger charge is 2.59. The van der Waals surface area contributed by atoms with Crippen molar-refractivity contribution in [2.45, 2.75) is 57.2 Å². The minimum absolute atomic E-state index is 0.133. The van der Waals surface area contributed by atoms with Gasteiger partial charge in [0.25, 0.3) is 0 Å². The minimum atomic E-state index is -1.08. The first-order chi connectivity index (χ1) is 15.8. The zero-order chi connectivity index (χ0) is 23.6. The Morgan fingerprint density at radius 2 is 1.79 bits per heavy atom. The van der Waals surface area contributed by atoms with E-state index in [1.807, 2.05) is 0 Å². The van der Waals surface area contributed by atoms with Crippen LogP contribution in [0.25, 0.3) is 0 Å². The van der Waals surface area contributed by atoms with Crippen molar-refractivity contribution in [3.8, 4) is 0 Å². The minimum Gasteiger partial charge on any atom is -0.464 e. The summed E-state index contributed by atoms with van der Waals surface area (Å²) in [5.41, 5.74) is 0.808. The highest BCUT2D eigenvalue weighted by Crippen LogP contribution is 2.40. The molecule has 9 heteroatoms. The van der Waals surface area contributed by atoms with Crippen molar-refractivity contribution in [2.75, 3.05) is 11.9 Å². The second kappa shape index (κ2) is 9.46. The van der Waals surface area contributed by atoms with Gasteiger partial charge < -0.3 is 29.0 Å². The molecule has 0 saturated carbocycles. The van der Waals surface area contributed by atoms with Gasteiger partial charge in [-0.05, 0) is 57.2 Å². The lowest BCUT2D eigenvalue weighted by molar-refractivity contribution is -0.217. The standard InChI is InChI=1S/C24H26FNO7/c1-4-29-22(28)17(26-16-12-10-15(25)11-13-16)18-19(20-23(31-18)33-24(2,3)32-20)30-21(27)14-8-6-5-7-9-14/h5-13,17-20,23,26H,4H2,1-3H3/t17?,18-,19-,20+,23+/m0/s1. The summed E-state index contributed by atoms with van der Waals surface area (Å²) in [4.78, 5) is 25.7. The number of benzene rings is 2. The van der Waals surface area contributed by atoms with Gasteiger partial charge in [-0.15, -0.1) is 0 Å². The molecule has 33 heavy (non-hydrogen) atoms. The summed E-state index contributed by atoms with van der Waals surface area (Å²) in [5, 5.41) is 3.02. The van der Waals surface area contributed by atoms with Crippen LogP contribution in [0.3, 0.4) is 0 Å². The number of halogens is 1. The van der Waals surface area contributed by atoms with Crippen molar-refractivity contribution in [1.82, 2.24) is 0 Å². The maximum absolute atomic E-state index is 13.4. The maximum atomic E-state index is 13.4. The number of hydrogen-bond acceptors (Lipinski definition) is 8. The van der Waals surface area contributed by atoms with Crippen LogP contribution in [0.2, 0.25) is 0 Å². The van der Waals surface area contributed by atoms with E-state index in [1.54, 1.807) is 51.1 Å². The first kappa shape index (κ1) is 23.2. The van der Waals surface area contributed by atoms with Crippen molar-refractivity contribution in [2.24, 2.45) is 0 Å². The summed E-state index contributed by atoms with van der Waals surface area (Å²) in [6.07, 6.45) is -3.59. The van der Waals surface area contributed by atoms with Crippen LogP contribution in [-0.2, 0) is 28.5 Å². The van der Waals surface area contributed by atoms with Crippen LogP contribution in [0.15, 0.2) is 54.6 Å². The maximum Gasteiger partial charge on any atom is 0.338 e. The fraction of sp³-hybridized carbons (Fsp3) is 0.417.